The van der Waals surface area contributed by atoms with Gasteiger partial charge in [-0.2, -0.15) is 5.10 Å². The van der Waals surface area contributed by atoms with Crippen molar-refractivity contribution in [2.24, 2.45) is 5.10 Å². The number of benzene rings is 3. The third-order valence-electron chi connectivity index (χ3n) is 4.01. The number of methoxy groups -OCH3 is 1. The first-order valence-corrected chi connectivity index (χ1v) is 9.60. The Morgan fingerprint density at radius 3 is 2.69 bits per heavy atom. The van der Waals surface area contributed by atoms with E-state index >= 15 is 0 Å². The molecular weight excluding hydrogens is 487 g/mol. The van der Waals surface area contributed by atoms with Gasteiger partial charge in [0.1, 0.15) is 0 Å². The second-order valence-electron chi connectivity index (χ2n) is 5.94. The molecule has 0 saturated carbocycles. The number of aliphatic carboxylic acids is 1. The third-order valence-corrected chi connectivity index (χ3v) is 4.81. The number of carbonyl (C=O) groups excluding carboxylic acids is 1. The van der Waals surface area contributed by atoms with Gasteiger partial charge in [-0.25, -0.2) is 10.2 Å². The van der Waals surface area contributed by atoms with Crippen molar-refractivity contribution in [3.63, 3.8) is 0 Å². The Morgan fingerprint density at radius 1 is 1.17 bits per heavy atom. The Balaban J connectivity index is 1.76. The number of ether oxygens (including phenoxy) is 2. The zero-order valence-electron chi connectivity index (χ0n) is 15.4. The minimum Gasteiger partial charge on any atom is -0.493 e. The molecular formula is C21H17IN2O5. The van der Waals surface area contributed by atoms with Crippen molar-refractivity contribution in [2.75, 3.05) is 13.7 Å². The molecule has 0 aliphatic carbocycles. The van der Waals surface area contributed by atoms with Crippen molar-refractivity contribution in [2.45, 2.75) is 0 Å². The molecule has 0 aliphatic rings. The summed E-state index contributed by atoms with van der Waals surface area (Å²) in [5, 5.41) is 14.6. The van der Waals surface area contributed by atoms with E-state index in [-0.39, 0.29) is 5.91 Å². The van der Waals surface area contributed by atoms with E-state index in [4.69, 9.17) is 14.6 Å². The van der Waals surface area contributed by atoms with Crippen molar-refractivity contribution in [3.05, 3.63) is 69.3 Å². The molecule has 0 fully saturated rings. The summed E-state index contributed by atoms with van der Waals surface area (Å²) in [7, 11) is 1.46. The number of hydrazone groups is 1. The molecule has 0 atom stereocenters. The summed E-state index contributed by atoms with van der Waals surface area (Å²) in [6, 6.07) is 16.5. The lowest BCUT2D eigenvalue weighted by Crippen LogP contribution is -2.18. The van der Waals surface area contributed by atoms with Gasteiger partial charge >= 0.3 is 5.97 Å². The van der Waals surface area contributed by atoms with Gasteiger partial charge in [0.25, 0.3) is 5.91 Å². The highest BCUT2D eigenvalue weighted by Gasteiger charge is 2.13. The van der Waals surface area contributed by atoms with Crippen LogP contribution < -0.4 is 14.9 Å². The molecule has 0 saturated heterocycles. The fourth-order valence-corrected chi connectivity index (χ4v) is 3.52. The number of carboxylic acids is 1. The molecule has 148 valence electrons. The van der Waals surface area contributed by atoms with Crippen LogP contribution in [0.1, 0.15) is 15.9 Å². The van der Waals surface area contributed by atoms with Crippen LogP contribution in [0.2, 0.25) is 0 Å². The first kappa shape index (κ1) is 20.6. The van der Waals surface area contributed by atoms with Crippen molar-refractivity contribution in [3.8, 4) is 11.5 Å². The molecule has 8 heteroatoms. The Morgan fingerprint density at radius 2 is 1.93 bits per heavy atom. The van der Waals surface area contributed by atoms with Crippen LogP contribution in [-0.2, 0) is 4.79 Å². The van der Waals surface area contributed by atoms with E-state index in [1.807, 2.05) is 59.0 Å². The third kappa shape index (κ3) is 5.02. The summed E-state index contributed by atoms with van der Waals surface area (Å²) >= 11 is 2.02. The molecule has 3 aromatic rings. The van der Waals surface area contributed by atoms with Gasteiger partial charge in [0.2, 0.25) is 0 Å². The summed E-state index contributed by atoms with van der Waals surface area (Å²) in [5.74, 6) is -0.682. The number of nitrogens with zero attached hydrogens (tertiary/aromatic N) is 1. The fraction of sp³-hybridized carbons (Fsp3) is 0.0952. The number of carbonyl (C=O) groups is 2. The smallest absolute Gasteiger partial charge is 0.341 e. The average Bonchev–Trinajstić information content (AvgIpc) is 2.71. The topological polar surface area (TPSA) is 97.2 Å². The van der Waals surface area contributed by atoms with Crippen LogP contribution in [0.4, 0.5) is 0 Å². The highest BCUT2D eigenvalue weighted by atomic mass is 127. The SMILES string of the molecule is COc1cc(/C=N\NC(=O)c2cccc3ccccc23)cc(I)c1OCC(=O)O. The largest absolute Gasteiger partial charge is 0.493 e. The second kappa shape index (κ2) is 9.37. The van der Waals surface area contributed by atoms with E-state index in [0.29, 0.717) is 26.2 Å². The summed E-state index contributed by atoms with van der Waals surface area (Å²) in [6.45, 7) is -0.471. The lowest BCUT2D eigenvalue weighted by atomic mass is 10.0. The maximum Gasteiger partial charge on any atom is 0.341 e. The number of carboxylic acid groups (broad SMARTS) is 1. The number of rotatable bonds is 7. The highest BCUT2D eigenvalue weighted by Crippen LogP contribution is 2.33. The number of halogens is 1. The molecule has 0 heterocycles. The van der Waals surface area contributed by atoms with Gasteiger partial charge in [-0.3, -0.25) is 4.79 Å². The average molecular weight is 504 g/mol. The zero-order valence-corrected chi connectivity index (χ0v) is 17.5. The molecule has 0 bridgehead atoms. The van der Waals surface area contributed by atoms with Crippen molar-refractivity contribution in [1.82, 2.24) is 5.43 Å². The van der Waals surface area contributed by atoms with E-state index in [2.05, 4.69) is 10.5 Å². The van der Waals surface area contributed by atoms with E-state index < -0.39 is 12.6 Å². The van der Waals surface area contributed by atoms with Crippen LogP contribution in [0.3, 0.4) is 0 Å². The lowest BCUT2D eigenvalue weighted by Gasteiger charge is -2.12. The second-order valence-corrected chi connectivity index (χ2v) is 7.10. The van der Waals surface area contributed by atoms with Crippen LogP contribution in [0.5, 0.6) is 11.5 Å². The molecule has 1 amide bonds. The van der Waals surface area contributed by atoms with Crippen LogP contribution in [0, 0.1) is 3.57 Å². The van der Waals surface area contributed by atoms with Crippen molar-refractivity contribution >= 4 is 51.5 Å². The minimum atomic E-state index is -1.08. The first-order chi connectivity index (χ1) is 14.0. The molecule has 7 nitrogen and oxygen atoms in total. The zero-order chi connectivity index (χ0) is 20.8. The Labute approximate surface area is 180 Å². The lowest BCUT2D eigenvalue weighted by molar-refractivity contribution is -0.139. The summed E-state index contributed by atoms with van der Waals surface area (Å²) in [5.41, 5.74) is 3.72. The summed E-state index contributed by atoms with van der Waals surface area (Å²) < 4.78 is 11.2. The van der Waals surface area contributed by atoms with Gasteiger partial charge in [-0.15, -0.1) is 0 Å². The number of fused-ring (bicyclic) bond motifs is 1. The van der Waals surface area contributed by atoms with Gasteiger partial charge in [-0.05, 0) is 57.1 Å². The normalized spacial score (nSPS) is 10.8. The predicted octanol–water partition coefficient (Wildman–Crippen LogP) is 3.68. The minimum absolute atomic E-state index is 0.318. The van der Waals surface area contributed by atoms with Crippen LogP contribution in [0.25, 0.3) is 10.8 Å². The molecule has 0 spiro atoms. The number of hydrogen-bond acceptors (Lipinski definition) is 5. The van der Waals surface area contributed by atoms with E-state index in [9.17, 15) is 9.59 Å². The Bertz CT molecular complexity index is 1090. The van der Waals surface area contributed by atoms with Crippen LogP contribution in [-0.4, -0.2) is 36.9 Å². The van der Waals surface area contributed by atoms with Crippen LogP contribution >= 0.6 is 22.6 Å². The van der Waals surface area contributed by atoms with E-state index in [0.717, 1.165) is 10.8 Å². The maximum absolute atomic E-state index is 12.5. The molecule has 0 radical (unpaired) electrons. The van der Waals surface area contributed by atoms with Crippen molar-refractivity contribution in [1.29, 1.82) is 0 Å². The van der Waals surface area contributed by atoms with Gasteiger partial charge in [0.15, 0.2) is 18.1 Å². The molecule has 0 aliphatic heterocycles. The number of amides is 1. The van der Waals surface area contributed by atoms with Gasteiger partial charge in [-0.1, -0.05) is 36.4 Å². The van der Waals surface area contributed by atoms with Crippen molar-refractivity contribution < 1.29 is 24.2 Å². The maximum atomic E-state index is 12.5. The Hall–Kier alpha value is -3.14. The van der Waals surface area contributed by atoms with E-state index in [1.54, 1.807) is 18.2 Å². The Kier molecular flexibility index (Phi) is 6.65. The summed E-state index contributed by atoms with van der Waals surface area (Å²) in [4.78, 5) is 23.2. The van der Waals surface area contributed by atoms with Crippen LogP contribution in [0.15, 0.2) is 59.7 Å². The summed E-state index contributed by atoms with van der Waals surface area (Å²) in [6.07, 6.45) is 1.48. The number of nitrogens with one attached hydrogen (secondary N) is 1. The molecule has 0 aromatic heterocycles. The highest BCUT2D eigenvalue weighted by molar-refractivity contribution is 14.1. The van der Waals surface area contributed by atoms with Gasteiger partial charge in [0.05, 0.1) is 16.9 Å². The molecule has 0 unspecified atom stereocenters. The first-order valence-electron chi connectivity index (χ1n) is 8.53. The molecule has 2 N–H and O–H groups in total. The fourth-order valence-electron chi connectivity index (χ4n) is 2.74. The molecule has 3 aromatic carbocycles. The number of hydrogen-bond donors (Lipinski definition) is 2. The predicted molar refractivity (Wildman–Crippen MR) is 118 cm³/mol. The van der Waals surface area contributed by atoms with Gasteiger partial charge in [0, 0.05) is 5.56 Å². The quantitative estimate of drug-likeness (QED) is 0.291. The van der Waals surface area contributed by atoms with Gasteiger partial charge < -0.3 is 14.6 Å². The molecule has 3 rings (SSSR count). The monoisotopic (exact) mass is 504 g/mol. The standard InChI is InChI=1S/C21H17IN2O5/c1-28-18-10-13(9-17(22)20(18)29-12-19(25)26)11-23-24-21(27)16-8-4-6-14-5-2-3-7-15(14)16/h2-11H,12H2,1H3,(H,24,27)(H,25,26)/b23-11-. The molecule has 29 heavy (non-hydrogen) atoms. The van der Waals surface area contributed by atoms with E-state index in [1.165, 1.54) is 13.3 Å².